The van der Waals surface area contributed by atoms with Crippen LogP contribution in [0.25, 0.3) is 0 Å². The maximum absolute atomic E-state index is 10.2. The topological polar surface area (TPSA) is 72.2 Å². The second-order valence-electron chi connectivity index (χ2n) is 2.31. The molecule has 3 N–H and O–H groups in total. The van der Waals surface area contributed by atoms with Crippen molar-refractivity contribution >= 4 is 12.7 Å². The second kappa shape index (κ2) is 7.21. The van der Waals surface area contributed by atoms with Crippen LogP contribution in [0.5, 0.6) is 0 Å². The smallest absolute Gasteiger partial charge is 0.207 e. The molecule has 0 aliphatic heterocycles. The van der Waals surface area contributed by atoms with Crippen LogP contribution in [0, 0.1) is 0 Å². The van der Waals surface area contributed by atoms with E-state index in [1.807, 2.05) is 0 Å². The number of amides is 1. The number of unbranched alkanes of at least 4 members (excludes halogenated alkanes) is 1. The van der Waals surface area contributed by atoms with Crippen LogP contribution in [0.3, 0.4) is 0 Å². The Kier molecular flexibility index (Phi) is 6.62. The van der Waals surface area contributed by atoms with Gasteiger partial charge in [-0.05, 0) is 25.8 Å². The number of nitrogens with one attached hydrogen (secondary N) is 1. The molecule has 0 bridgehead atoms. The third-order valence-corrected chi connectivity index (χ3v) is 1.42. The summed E-state index contributed by atoms with van der Waals surface area (Å²) < 4.78 is 0. The summed E-state index contributed by atoms with van der Waals surface area (Å²) in [7, 11) is 0. The summed E-state index contributed by atoms with van der Waals surface area (Å²) in [4.78, 5) is 20.1. The minimum atomic E-state index is -0.334. The molecule has 0 radical (unpaired) electrons. The first-order valence-corrected chi connectivity index (χ1v) is 3.70. The summed E-state index contributed by atoms with van der Waals surface area (Å²) in [6, 6.07) is -0.334. The quantitative estimate of drug-likeness (QED) is 0.385. The van der Waals surface area contributed by atoms with E-state index < -0.39 is 0 Å². The van der Waals surface area contributed by atoms with E-state index in [1.165, 1.54) is 0 Å². The van der Waals surface area contributed by atoms with E-state index in [-0.39, 0.29) is 6.04 Å². The average Bonchev–Trinajstić information content (AvgIpc) is 2.03. The van der Waals surface area contributed by atoms with E-state index in [0.29, 0.717) is 19.4 Å². The van der Waals surface area contributed by atoms with Gasteiger partial charge in [0.2, 0.25) is 6.41 Å². The molecule has 0 aliphatic rings. The number of carbonyl (C=O) groups excluding carboxylic acids is 2. The molecule has 0 heterocycles. The van der Waals surface area contributed by atoms with Gasteiger partial charge in [0.05, 0.1) is 6.04 Å². The average molecular weight is 158 g/mol. The molecule has 0 aromatic heterocycles. The van der Waals surface area contributed by atoms with Crippen molar-refractivity contribution in [3.63, 3.8) is 0 Å². The summed E-state index contributed by atoms with van der Waals surface area (Å²) in [5.74, 6) is 0. The van der Waals surface area contributed by atoms with Gasteiger partial charge >= 0.3 is 0 Å². The van der Waals surface area contributed by atoms with Gasteiger partial charge in [0.15, 0.2) is 0 Å². The van der Waals surface area contributed by atoms with E-state index in [0.717, 1.165) is 19.1 Å². The van der Waals surface area contributed by atoms with E-state index >= 15 is 0 Å². The highest BCUT2D eigenvalue weighted by atomic mass is 16.1. The largest absolute Gasteiger partial charge is 0.349 e. The van der Waals surface area contributed by atoms with Crippen LogP contribution in [0.15, 0.2) is 0 Å². The van der Waals surface area contributed by atoms with Gasteiger partial charge in [0.25, 0.3) is 0 Å². The van der Waals surface area contributed by atoms with Crippen molar-refractivity contribution in [1.29, 1.82) is 0 Å². The Hall–Kier alpha value is -0.900. The van der Waals surface area contributed by atoms with Crippen molar-refractivity contribution in [2.75, 3.05) is 6.54 Å². The maximum atomic E-state index is 10.2. The van der Waals surface area contributed by atoms with Gasteiger partial charge in [-0.15, -0.1) is 0 Å². The molecular formula is C7H14N2O2. The summed E-state index contributed by atoms with van der Waals surface area (Å²) in [5.41, 5.74) is 5.25. The molecule has 0 unspecified atom stereocenters. The first-order valence-electron chi connectivity index (χ1n) is 3.70. The van der Waals surface area contributed by atoms with Gasteiger partial charge < -0.3 is 15.8 Å². The van der Waals surface area contributed by atoms with Gasteiger partial charge in [-0.1, -0.05) is 0 Å². The minimum Gasteiger partial charge on any atom is -0.349 e. The molecule has 1 atom stereocenters. The number of rotatable bonds is 7. The van der Waals surface area contributed by atoms with Crippen molar-refractivity contribution in [3.05, 3.63) is 0 Å². The molecule has 0 saturated carbocycles. The highest BCUT2D eigenvalue weighted by molar-refractivity contribution is 5.63. The molecule has 11 heavy (non-hydrogen) atoms. The maximum Gasteiger partial charge on any atom is 0.207 e. The minimum absolute atomic E-state index is 0.334. The number of nitrogens with two attached hydrogens (primary N) is 1. The first kappa shape index (κ1) is 10.1. The highest BCUT2D eigenvalue weighted by Gasteiger charge is 2.02. The zero-order valence-corrected chi connectivity index (χ0v) is 6.45. The van der Waals surface area contributed by atoms with Crippen molar-refractivity contribution in [3.8, 4) is 0 Å². The monoisotopic (exact) mass is 158 g/mol. The molecule has 0 spiro atoms. The van der Waals surface area contributed by atoms with Crippen molar-refractivity contribution < 1.29 is 9.59 Å². The normalized spacial score (nSPS) is 12.1. The van der Waals surface area contributed by atoms with Crippen LogP contribution < -0.4 is 11.1 Å². The van der Waals surface area contributed by atoms with Gasteiger partial charge in [-0.25, -0.2) is 0 Å². The molecule has 0 rings (SSSR count). The van der Waals surface area contributed by atoms with Crippen LogP contribution >= 0.6 is 0 Å². The zero-order chi connectivity index (χ0) is 8.53. The van der Waals surface area contributed by atoms with Crippen LogP contribution in [0.2, 0.25) is 0 Å². The Morgan fingerprint density at radius 1 is 1.36 bits per heavy atom. The Labute approximate surface area is 66.1 Å². The molecule has 4 nitrogen and oxygen atoms in total. The van der Waals surface area contributed by atoms with Crippen molar-refractivity contribution in [1.82, 2.24) is 5.32 Å². The van der Waals surface area contributed by atoms with Crippen LogP contribution in [0.1, 0.15) is 19.3 Å². The van der Waals surface area contributed by atoms with Gasteiger partial charge in [0.1, 0.15) is 6.29 Å². The number of carbonyl (C=O) groups is 2. The third-order valence-electron chi connectivity index (χ3n) is 1.42. The molecule has 1 amide bonds. The Morgan fingerprint density at radius 2 is 2.09 bits per heavy atom. The fourth-order valence-electron chi connectivity index (χ4n) is 0.787. The molecule has 0 aliphatic carbocycles. The lowest BCUT2D eigenvalue weighted by Crippen LogP contribution is -2.29. The van der Waals surface area contributed by atoms with E-state index in [2.05, 4.69) is 5.32 Å². The van der Waals surface area contributed by atoms with Crippen LogP contribution in [-0.4, -0.2) is 25.3 Å². The predicted molar refractivity (Wildman–Crippen MR) is 42.0 cm³/mol. The molecule has 0 aromatic rings. The molecule has 0 aromatic carbocycles. The number of hydrogen-bond donors (Lipinski definition) is 2. The SMILES string of the molecule is NCCCC[C@H](C=O)NC=O. The lowest BCUT2D eigenvalue weighted by Gasteiger charge is -2.06. The zero-order valence-electron chi connectivity index (χ0n) is 6.45. The summed E-state index contributed by atoms with van der Waals surface area (Å²) in [6.45, 7) is 0.632. The van der Waals surface area contributed by atoms with Crippen molar-refractivity contribution in [2.24, 2.45) is 5.73 Å². The van der Waals surface area contributed by atoms with Gasteiger partial charge in [-0.2, -0.15) is 0 Å². The first-order chi connectivity index (χ1) is 5.35. The Morgan fingerprint density at radius 3 is 2.55 bits per heavy atom. The molecular weight excluding hydrogens is 144 g/mol. The second-order valence-corrected chi connectivity index (χ2v) is 2.31. The summed E-state index contributed by atoms with van der Waals surface area (Å²) in [6.07, 6.45) is 3.73. The summed E-state index contributed by atoms with van der Waals surface area (Å²) in [5, 5.41) is 2.40. The van der Waals surface area contributed by atoms with E-state index in [4.69, 9.17) is 5.73 Å². The highest BCUT2D eigenvalue weighted by Crippen LogP contribution is 1.96. The summed E-state index contributed by atoms with van der Waals surface area (Å²) >= 11 is 0. The predicted octanol–water partition coefficient (Wildman–Crippen LogP) is -0.571. The fraction of sp³-hybridized carbons (Fsp3) is 0.714. The molecule has 0 fully saturated rings. The van der Waals surface area contributed by atoms with Crippen LogP contribution in [-0.2, 0) is 9.59 Å². The Bertz CT molecular complexity index is 117. The van der Waals surface area contributed by atoms with Gasteiger partial charge in [-0.3, -0.25) is 4.79 Å². The van der Waals surface area contributed by atoms with E-state index in [9.17, 15) is 9.59 Å². The molecule has 0 saturated heterocycles. The number of aldehydes is 1. The van der Waals surface area contributed by atoms with Crippen LogP contribution in [0.4, 0.5) is 0 Å². The molecule has 64 valence electrons. The van der Waals surface area contributed by atoms with Gasteiger partial charge in [0, 0.05) is 0 Å². The Balaban J connectivity index is 3.35. The third kappa shape index (κ3) is 5.54. The lowest BCUT2D eigenvalue weighted by atomic mass is 10.1. The molecule has 4 heteroatoms. The lowest BCUT2D eigenvalue weighted by molar-refractivity contribution is -0.115. The van der Waals surface area contributed by atoms with Crippen molar-refractivity contribution in [2.45, 2.75) is 25.3 Å². The fourth-order valence-corrected chi connectivity index (χ4v) is 0.787. The standard InChI is InChI=1S/C7H14N2O2/c8-4-2-1-3-7(5-10)9-6-11/h5-7H,1-4,8H2,(H,9,11)/t7-/m1/s1. The number of hydrogen-bond acceptors (Lipinski definition) is 3. The van der Waals surface area contributed by atoms with E-state index in [1.54, 1.807) is 0 Å².